The van der Waals surface area contributed by atoms with Gasteiger partial charge in [-0.3, -0.25) is 0 Å². The predicted molar refractivity (Wildman–Crippen MR) is 67.3 cm³/mol. The Labute approximate surface area is 95.1 Å². The Morgan fingerprint density at radius 1 is 1.13 bits per heavy atom. The van der Waals surface area contributed by atoms with E-state index < -0.39 is 0 Å². The van der Waals surface area contributed by atoms with Crippen LogP contribution in [0.1, 0.15) is 46.0 Å². The zero-order chi connectivity index (χ0) is 11.4. The minimum Gasteiger partial charge on any atom is -0.377 e. The highest BCUT2D eigenvalue weighted by atomic mass is 16.5. The molecule has 0 aromatic rings. The van der Waals surface area contributed by atoms with Crippen LogP contribution < -0.4 is 5.32 Å². The Morgan fingerprint density at radius 3 is 2.53 bits per heavy atom. The number of hydrogen-bond donors (Lipinski definition) is 1. The van der Waals surface area contributed by atoms with Crippen molar-refractivity contribution in [3.05, 3.63) is 12.2 Å². The van der Waals surface area contributed by atoms with Crippen LogP contribution in [-0.2, 0) is 4.74 Å². The summed E-state index contributed by atoms with van der Waals surface area (Å²) in [5, 5.41) is 3.24. The van der Waals surface area contributed by atoms with Gasteiger partial charge in [0.05, 0.1) is 6.61 Å². The molecule has 0 fully saturated rings. The topological polar surface area (TPSA) is 21.3 Å². The summed E-state index contributed by atoms with van der Waals surface area (Å²) in [5.41, 5.74) is 1.14. The molecule has 15 heavy (non-hydrogen) atoms. The monoisotopic (exact) mass is 213 g/mol. The van der Waals surface area contributed by atoms with Crippen LogP contribution in [0.4, 0.5) is 0 Å². The number of rotatable bonds is 11. The van der Waals surface area contributed by atoms with Crippen LogP contribution in [0.5, 0.6) is 0 Å². The first kappa shape index (κ1) is 14.7. The van der Waals surface area contributed by atoms with Gasteiger partial charge < -0.3 is 10.1 Å². The molecule has 0 aliphatic carbocycles. The third-order valence-electron chi connectivity index (χ3n) is 2.32. The largest absolute Gasteiger partial charge is 0.377 e. The molecule has 0 atom stereocenters. The van der Waals surface area contributed by atoms with E-state index in [2.05, 4.69) is 25.7 Å². The summed E-state index contributed by atoms with van der Waals surface area (Å²) >= 11 is 0. The molecule has 0 saturated heterocycles. The van der Waals surface area contributed by atoms with Crippen molar-refractivity contribution in [2.24, 2.45) is 0 Å². The van der Waals surface area contributed by atoms with Crippen molar-refractivity contribution in [3.8, 4) is 0 Å². The van der Waals surface area contributed by atoms with E-state index >= 15 is 0 Å². The Balaban J connectivity index is 3.06. The average Bonchev–Trinajstić information content (AvgIpc) is 2.25. The first-order valence-electron chi connectivity index (χ1n) is 6.26. The van der Waals surface area contributed by atoms with E-state index in [-0.39, 0.29) is 0 Å². The van der Waals surface area contributed by atoms with Crippen molar-refractivity contribution in [1.29, 1.82) is 0 Å². The summed E-state index contributed by atoms with van der Waals surface area (Å²) in [7, 11) is 0. The zero-order valence-electron chi connectivity index (χ0n) is 10.5. The number of likely N-dealkylation sites (N-methyl/N-ethyl adjacent to an activating group) is 1. The molecule has 2 heteroatoms. The van der Waals surface area contributed by atoms with Gasteiger partial charge in [0, 0.05) is 13.2 Å². The molecule has 0 radical (unpaired) electrons. The molecule has 0 unspecified atom stereocenters. The summed E-state index contributed by atoms with van der Waals surface area (Å²) in [4.78, 5) is 0. The highest BCUT2D eigenvalue weighted by Crippen LogP contribution is 2.02. The van der Waals surface area contributed by atoms with Gasteiger partial charge in [-0.25, -0.2) is 0 Å². The minimum atomic E-state index is 0.709. The van der Waals surface area contributed by atoms with Crippen LogP contribution >= 0.6 is 0 Å². The van der Waals surface area contributed by atoms with E-state index in [0.717, 1.165) is 25.3 Å². The van der Waals surface area contributed by atoms with Crippen LogP contribution in [-0.4, -0.2) is 26.3 Å². The van der Waals surface area contributed by atoms with Crippen molar-refractivity contribution in [3.63, 3.8) is 0 Å². The molecule has 0 rings (SSSR count). The molecule has 0 spiro atoms. The third-order valence-corrected chi connectivity index (χ3v) is 2.32. The van der Waals surface area contributed by atoms with Gasteiger partial charge in [-0.1, -0.05) is 46.1 Å². The van der Waals surface area contributed by atoms with Crippen molar-refractivity contribution in [1.82, 2.24) is 5.32 Å². The number of nitrogens with one attached hydrogen (secondary N) is 1. The highest BCUT2D eigenvalue weighted by molar-refractivity contribution is 4.96. The lowest BCUT2D eigenvalue weighted by atomic mass is 10.2. The fourth-order valence-corrected chi connectivity index (χ4v) is 1.38. The van der Waals surface area contributed by atoms with Gasteiger partial charge >= 0.3 is 0 Å². The maximum atomic E-state index is 5.53. The van der Waals surface area contributed by atoms with Crippen molar-refractivity contribution in [2.45, 2.75) is 46.0 Å². The Morgan fingerprint density at radius 2 is 1.87 bits per heavy atom. The summed E-state index contributed by atoms with van der Waals surface area (Å²) in [6.07, 6.45) is 6.49. The van der Waals surface area contributed by atoms with Crippen LogP contribution in [0.25, 0.3) is 0 Å². The van der Waals surface area contributed by atoms with Crippen LogP contribution in [0.3, 0.4) is 0 Å². The maximum absolute atomic E-state index is 5.53. The molecule has 90 valence electrons. The molecule has 0 bridgehead atoms. The second kappa shape index (κ2) is 11.7. The van der Waals surface area contributed by atoms with Gasteiger partial charge in [0.2, 0.25) is 0 Å². The first-order valence-corrected chi connectivity index (χ1v) is 6.26. The molecule has 2 nitrogen and oxygen atoms in total. The van der Waals surface area contributed by atoms with Gasteiger partial charge in [-0.2, -0.15) is 0 Å². The summed E-state index contributed by atoms with van der Waals surface area (Å²) < 4.78 is 5.53. The van der Waals surface area contributed by atoms with E-state index in [1.54, 1.807) is 0 Å². The summed E-state index contributed by atoms with van der Waals surface area (Å²) in [6, 6.07) is 0. The van der Waals surface area contributed by atoms with E-state index in [9.17, 15) is 0 Å². The van der Waals surface area contributed by atoms with E-state index in [4.69, 9.17) is 4.74 Å². The molecule has 1 N–H and O–H groups in total. The number of ether oxygens (including phenoxy) is 1. The SMILES string of the molecule is C=C(CNCC)COCCCCCCC. The van der Waals surface area contributed by atoms with Crippen molar-refractivity contribution >= 4 is 0 Å². The summed E-state index contributed by atoms with van der Waals surface area (Å²) in [5.74, 6) is 0. The second-order valence-corrected chi connectivity index (χ2v) is 4.00. The quantitative estimate of drug-likeness (QED) is 0.420. The number of unbranched alkanes of at least 4 members (excludes halogenated alkanes) is 4. The van der Waals surface area contributed by atoms with Crippen LogP contribution in [0.2, 0.25) is 0 Å². The minimum absolute atomic E-state index is 0.709. The maximum Gasteiger partial charge on any atom is 0.0686 e. The van der Waals surface area contributed by atoms with Gasteiger partial charge in [0.15, 0.2) is 0 Å². The lowest BCUT2D eigenvalue weighted by molar-refractivity contribution is 0.150. The van der Waals surface area contributed by atoms with E-state index in [1.165, 1.54) is 32.1 Å². The van der Waals surface area contributed by atoms with Crippen molar-refractivity contribution in [2.75, 3.05) is 26.3 Å². The summed E-state index contributed by atoms with van der Waals surface area (Å²) in [6.45, 7) is 11.8. The molecular formula is C13H27NO. The Bertz CT molecular complexity index is 145. The molecule has 0 aliphatic heterocycles. The lowest BCUT2D eigenvalue weighted by Crippen LogP contribution is -2.18. The Kier molecular flexibility index (Phi) is 11.5. The van der Waals surface area contributed by atoms with Crippen LogP contribution in [0.15, 0.2) is 12.2 Å². The average molecular weight is 213 g/mol. The van der Waals surface area contributed by atoms with Gasteiger partial charge in [-0.15, -0.1) is 0 Å². The van der Waals surface area contributed by atoms with E-state index in [0.29, 0.717) is 6.61 Å². The molecule has 0 saturated carbocycles. The normalized spacial score (nSPS) is 10.5. The first-order chi connectivity index (χ1) is 7.31. The molecule has 0 heterocycles. The Hall–Kier alpha value is -0.340. The van der Waals surface area contributed by atoms with Gasteiger partial charge in [-0.05, 0) is 18.5 Å². The molecule has 0 aromatic carbocycles. The van der Waals surface area contributed by atoms with E-state index in [1.807, 2.05) is 0 Å². The zero-order valence-corrected chi connectivity index (χ0v) is 10.5. The van der Waals surface area contributed by atoms with Gasteiger partial charge in [0.1, 0.15) is 0 Å². The predicted octanol–water partition coefficient (Wildman–Crippen LogP) is 3.14. The standard InChI is InChI=1S/C13H27NO/c1-4-6-7-8-9-10-15-12-13(3)11-14-5-2/h14H,3-12H2,1-2H3. The molecule has 0 amide bonds. The smallest absolute Gasteiger partial charge is 0.0686 e. The fourth-order valence-electron chi connectivity index (χ4n) is 1.38. The lowest BCUT2D eigenvalue weighted by Gasteiger charge is -2.07. The molecular weight excluding hydrogens is 186 g/mol. The number of hydrogen-bond acceptors (Lipinski definition) is 2. The third kappa shape index (κ3) is 11.6. The van der Waals surface area contributed by atoms with Gasteiger partial charge in [0.25, 0.3) is 0 Å². The molecule has 0 aliphatic rings. The van der Waals surface area contributed by atoms with Crippen LogP contribution in [0, 0.1) is 0 Å². The fraction of sp³-hybridized carbons (Fsp3) is 0.846. The molecule has 0 aromatic heterocycles. The second-order valence-electron chi connectivity index (χ2n) is 4.00. The highest BCUT2D eigenvalue weighted by Gasteiger charge is 1.94. The van der Waals surface area contributed by atoms with Crippen molar-refractivity contribution < 1.29 is 4.74 Å².